The Bertz CT molecular complexity index is 854. The van der Waals surface area contributed by atoms with Crippen molar-refractivity contribution >= 4 is 47.0 Å². The van der Waals surface area contributed by atoms with Gasteiger partial charge in [0.1, 0.15) is 11.3 Å². The molecule has 0 amide bonds. The second-order valence-electron chi connectivity index (χ2n) is 5.70. The van der Waals surface area contributed by atoms with E-state index in [-0.39, 0.29) is 11.3 Å². The molecule has 0 aliphatic carbocycles. The van der Waals surface area contributed by atoms with Crippen molar-refractivity contribution in [1.29, 1.82) is 0 Å². The number of benzene rings is 2. The number of thioether (sulfide) groups is 1. The zero-order chi connectivity index (χ0) is 18.0. The van der Waals surface area contributed by atoms with Gasteiger partial charge >= 0.3 is 5.97 Å². The SMILES string of the molecule is O=C(O)c1cc(C=C2CN(Cc3ccc(Cl)c(Cl)c3)CS2)ccc1O. The first-order valence-electron chi connectivity index (χ1n) is 7.48. The third-order valence-corrected chi connectivity index (χ3v) is 5.63. The van der Waals surface area contributed by atoms with Gasteiger partial charge in [0.2, 0.25) is 0 Å². The lowest BCUT2D eigenvalue weighted by atomic mass is 10.1. The van der Waals surface area contributed by atoms with Crippen LogP contribution < -0.4 is 0 Å². The summed E-state index contributed by atoms with van der Waals surface area (Å²) < 4.78 is 0. The van der Waals surface area contributed by atoms with Crippen molar-refractivity contribution in [1.82, 2.24) is 4.90 Å². The van der Waals surface area contributed by atoms with E-state index in [1.165, 1.54) is 12.1 Å². The molecular formula is C18H15Cl2NO3S. The summed E-state index contributed by atoms with van der Waals surface area (Å²) in [5.41, 5.74) is 1.76. The molecule has 0 spiro atoms. The van der Waals surface area contributed by atoms with E-state index >= 15 is 0 Å². The third kappa shape index (κ3) is 4.50. The molecule has 0 radical (unpaired) electrons. The Morgan fingerprint density at radius 3 is 2.72 bits per heavy atom. The molecule has 2 N–H and O–H groups in total. The second kappa shape index (κ2) is 7.70. The Labute approximate surface area is 159 Å². The molecule has 1 saturated heterocycles. The predicted octanol–water partition coefficient (Wildman–Crippen LogP) is 4.94. The molecule has 1 aliphatic rings. The Balaban J connectivity index is 1.70. The summed E-state index contributed by atoms with van der Waals surface area (Å²) in [6, 6.07) is 10.2. The molecule has 2 aromatic carbocycles. The number of phenols is 1. The average molecular weight is 396 g/mol. The molecule has 4 nitrogen and oxygen atoms in total. The lowest BCUT2D eigenvalue weighted by molar-refractivity contribution is 0.0693. The lowest BCUT2D eigenvalue weighted by Gasteiger charge is -2.13. The van der Waals surface area contributed by atoms with Crippen LogP contribution in [0.25, 0.3) is 6.08 Å². The van der Waals surface area contributed by atoms with Gasteiger partial charge in [-0.1, -0.05) is 35.3 Å². The minimum absolute atomic E-state index is 0.0926. The van der Waals surface area contributed by atoms with E-state index in [1.54, 1.807) is 23.9 Å². The van der Waals surface area contributed by atoms with Gasteiger partial charge in [-0.2, -0.15) is 0 Å². The second-order valence-corrected chi connectivity index (χ2v) is 7.59. The average Bonchev–Trinajstić information content (AvgIpc) is 2.99. The number of aromatic hydroxyl groups is 1. The summed E-state index contributed by atoms with van der Waals surface area (Å²) in [4.78, 5) is 14.5. The fourth-order valence-electron chi connectivity index (χ4n) is 2.57. The van der Waals surface area contributed by atoms with Crippen LogP contribution in [0.1, 0.15) is 21.5 Å². The highest BCUT2D eigenvalue weighted by atomic mass is 35.5. The van der Waals surface area contributed by atoms with Crippen LogP contribution >= 0.6 is 35.0 Å². The standard InChI is InChI=1S/C18H15Cl2NO3S/c19-15-3-1-12(7-16(15)20)8-21-9-13(25-10-21)5-11-2-4-17(22)14(6-11)18(23)24/h1-7,22H,8-10H2,(H,23,24). The molecule has 0 unspecified atom stereocenters. The first-order valence-corrected chi connectivity index (χ1v) is 9.22. The van der Waals surface area contributed by atoms with Crippen LogP contribution in [-0.4, -0.2) is 33.5 Å². The lowest BCUT2D eigenvalue weighted by Crippen LogP contribution is -2.18. The number of hydrogen-bond donors (Lipinski definition) is 2. The van der Waals surface area contributed by atoms with Gasteiger partial charge in [-0.15, -0.1) is 11.8 Å². The number of carboxylic acid groups (broad SMARTS) is 1. The van der Waals surface area contributed by atoms with Crippen molar-refractivity contribution in [2.75, 3.05) is 12.4 Å². The largest absolute Gasteiger partial charge is 0.507 e. The number of aromatic carboxylic acids is 1. The molecule has 0 saturated carbocycles. The minimum Gasteiger partial charge on any atom is -0.507 e. The highest BCUT2D eigenvalue weighted by molar-refractivity contribution is 8.03. The van der Waals surface area contributed by atoms with Crippen LogP contribution in [0.4, 0.5) is 0 Å². The molecule has 1 fully saturated rings. The van der Waals surface area contributed by atoms with Crippen molar-refractivity contribution in [3.8, 4) is 5.75 Å². The van der Waals surface area contributed by atoms with Gasteiger partial charge in [-0.25, -0.2) is 4.79 Å². The van der Waals surface area contributed by atoms with Gasteiger partial charge in [0.25, 0.3) is 0 Å². The molecule has 2 aromatic rings. The quantitative estimate of drug-likeness (QED) is 0.766. The van der Waals surface area contributed by atoms with E-state index in [0.717, 1.165) is 35.0 Å². The molecule has 0 atom stereocenters. The maximum Gasteiger partial charge on any atom is 0.339 e. The summed E-state index contributed by atoms with van der Waals surface area (Å²) in [5, 5.41) is 19.8. The molecular weight excluding hydrogens is 381 g/mol. The van der Waals surface area contributed by atoms with Gasteiger partial charge in [0, 0.05) is 23.9 Å². The molecule has 130 valence electrons. The van der Waals surface area contributed by atoms with Crippen LogP contribution in [0.5, 0.6) is 5.75 Å². The van der Waals surface area contributed by atoms with Crippen molar-refractivity contribution in [2.45, 2.75) is 6.54 Å². The van der Waals surface area contributed by atoms with Crippen molar-refractivity contribution in [2.24, 2.45) is 0 Å². The summed E-state index contributed by atoms with van der Waals surface area (Å²) in [6.45, 7) is 1.53. The van der Waals surface area contributed by atoms with E-state index in [4.69, 9.17) is 28.3 Å². The first-order chi connectivity index (χ1) is 11.9. The monoisotopic (exact) mass is 395 g/mol. The van der Waals surface area contributed by atoms with Crippen molar-refractivity contribution < 1.29 is 15.0 Å². The number of carboxylic acids is 1. The fourth-order valence-corrected chi connectivity index (χ4v) is 3.92. The van der Waals surface area contributed by atoms with E-state index < -0.39 is 5.97 Å². The van der Waals surface area contributed by atoms with Gasteiger partial charge < -0.3 is 10.2 Å². The fraction of sp³-hybridized carbons (Fsp3) is 0.167. The van der Waals surface area contributed by atoms with Crippen molar-refractivity contribution in [3.63, 3.8) is 0 Å². The van der Waals surface area contributed by atoms with Crippen LogP contribution in [0.15, 0.2) is 41.3 Å². The van der Waals surface area contributed by atoms with Gasteiger partial charge in [-0.3, -0.25) is 4.90 Å². The van der Waals surface area contributed by atoms with E-state index in [0.29, 0.717) is 10.0 Å². The number of nitrogens with zero attached hydrogens (tertiary/aromatic N) is 1. The molecule has 1 heterocycles. The summed E-state index contributed by atoms with van der Waals surface area (Å²) in [6.07, 6.45) is 1.95. The van der Waals surface area contributed by atoms with Crippen LogP contribution in [0, 0.1) is 0 Å². The molecule has 0 aromatic heterocycles. The van der Waals surface area contributed by atoms with Crippen LogP contribution in [0.3, 0.4) is 0 Å². The maximum absolute atomic E-state index is 11.1. The van der Waals surface area contributed by atoms with Gasteiger partial charge in [-0.05, 0) is 41.5 Å². The molecule has 1 aliphatic heterocycles. The minimum atomic E-state index is -1.14. The normalized spacial score (nSPS) is 16.5. The van der Waals surface area contributed by atoms with Gasteiger partial charge in [0.05, 0.1) is 10.0 Å². The molecule has 7 heteroatoms. The van der Waals surface area contributed by atoms with E-state index in [1.807, 2.05) is 18.2 Å². The van der Waals surface area contributed by atoms with Gasteiger partial charge in [0.15, 0.2) is 0 Å². The topological polar surface area (TPSA) is 60.8 Å². The van der Waals surface area contributed by atoms with Crippen LogP contribution in [-0.2, 0) is 6.54 Å². The number of hydrogen-bond acceptors (Lipinski definition) is 4. The molecule has 0 bridgehead atoms. The highest BCUT2D eigenvalue weighted by Crippen LogP contribution is 2.31. The molecule has 3 rings (SSSR count). The molecule has 25 heavy (non-hydrogen) atoms. The Hall–Kier alpha value is -1.66. The Morgan fingerprint density at radius 1 is 1.20 bits per heavy atom. The zero-order valence-corrected chi connectivity index (χ0v) is 15.4. The smallest absolute Gasteiger partial charge is 0.339 e. The van der Waals surface area contributed by atoms with Crippen molar-refractivity contribution in [3.05, 3.63) is 68.0 Å². The zero-order valence-electron chi connectivity index (χ0n) is 13.1. The van der Waals surface area contributed by atoms with E-state index in [9.17, 15) is 9.90 Å². The Morgan fingerprint density at radius 2 is 2.00 bits per heavy atom. The van der Waals surface area contributed by atoms with E-state index in [2.05, 4.69) is 4.90 Å². The summed E-state index contributed by atoms with van der Waals surface area (Å²) in [7, 11) is 0. The summed E-state index contributed by atoms with van der Waals surface area (Å²) in [5.74, 6) is -0.524. The Kier molecular flexibility index (Phi) is 5.59. The third-order valence-electron chi connectivity index (χ3n) is 3.78. The summed E-state index contributed by atoms with van der Waals surface area (Å²) >= 11 is 13.7. The van der Waals surface area contributed by atoms with Crippen LogP contribution in [0.2, 0.25) is 10.0 Å². The maximum atomic E-state index is 11.1. The number of rotatable bonds is 4. The number of carbonyl (C=O) groups is 1. The highest BCUT2D eigenvalue weighted by Gasteiger charge is 2.18. The first kappa shape index (κ1) is 18.1. The number of halogens is 2. The predicted molar refractivity (Wildman–Crippen MR) is 102 cm³/mol.